The predicted octanol–water partition coefficient (Wildman–Crippen LogP) is 2.65. The minimum Gasteiger partial charge on any atom is -0.368 e. The van der Waals surface area contributed by atoms with E-state index in [1.54, 1.807) is 30.0 Å². The average Bonchev–Trinajstić information content (AvgIpc) is 2.54. The van der Waals surface area contributed by atoms with Crippen LogP contribution in [-0.2, 0) is 9.84 Å². The minimum absolute atomic E-state index is 0.00939. The maximum Gasteiger partial charge on any atom is 0.251 e. The van der Waals surface area contributed by atoms with Gasteiger partial charge in [-0.1, -0.05) is 26.0 Å². The molecular formula is C16H24F2N2O2S. The van der Waals surface area contributed by atoms with E-state index in [0.717, 1.165) is 6.42 Å². The lowest BCUT2D eigenvalue weighted by Crippen LogP contribution is -2.54. The molecule has 1 aromatic carbocycles. The first-order valence-corrected chi connectivity index (χ1v) is 9.63. The number of halogens is 2. The third kappa shape index (κ3) is 4.20. The highest BCUT2D eigenvalue weighted by Gasteiger charge is 2.30. The number of piperazine rings is 1. The Balaban J connectivity index is 2.25. The average molecular weight is 346 g/mol. The lowest BCUT2D eigenvalue weighted by Gasteiger charge is -2.42. The Kier molecular flexibility index (Phi) is 5.97. The van der Waals surface area contributed by atoms with Gasteiger partial charge in [0.1, 0.15) is 0 Å². The van der Waals surface area contributed by atoms with Gasteiger partial charge in [-0.2, -0.15) is 0 Å². The molecule has 4 nitrogen and oxygen atoms in total. The summed E-state index contributed by atoms with van der Waals surface area (Å²) in [5, 5.41) is 0. The Bertz CT molecular complexity index is 622. The predicted molar refractivity (Wildman–Crippen MR) is 88.0 cm³/mol. The number of para-hydroxylation sites is 1. The van der Waals surface area contributed by atoms with Crippen molar-refractivity contribution in [2.24, 2.45) is 0 Å². The number of rotatable bonds is 6. The first kappa shape index (κ1) is 18.1. The van der Waals surface area contributed by atoms with E-state index in [-0.39, 0.29) is 18.3 Å². The Morgan fingerprint density at radius 1 is 1.22 bits per heavy atom. The van der Waals surface area contributed by atoms with Crippen LogP contribution in [0.25, 0.3) is 0 Å². The Morgan fingerprint density at radius 3 is 2.52 bits per heavy atom. The molecule has 0 saturated carbocycles. The van der Waals surface area contributed by atoms with Gasteiger partial charge in [-0.05, 0) is 18.6 Å². The SMILES string of the molecule is CC[C@@H]1CN(c2ccccc2S(=O)(=O)CC)CCN1CC(F)F. The molecule has 130 valence electrons. The molecule has 1 aliphatic rings. The lowest BCUT2D eigenvalue weighted by molar-refractivity contribution is 0.0587. The monoisotopic (exact) mass is 346 g/mol. The second kappa shape index (κ2) is 7.57. The van der Waals surface area contributed by atoms with Gasteiger partial charge in [-0.25, -0.2) is 17.2 Å². The first-order valence-electron chi connectivity index (χ1n) is 7.98. The van der Waals surface area contributed by atoms with Gasteiger partial charge in [0, 0.05) is 25.7 Å². The van der Waals surface area contributed by atoms with Crippen molar-refractivity contribution in [3.63, 3.8) is 0 Å². The van der Waals surface area contributed by atoms with Crippen LogP contribution < -0.4 is 4.90 Å². The van der Waals surface area contributed by atoms with Crippen LogP contribution in [0.15, 0.2) is 29.2 Å². The number of anilines is 1. The zero-order chi connectivity index (χ0) is 17.0. The number of alkyl halides is 2. The van der Waals surface area contributed by atoms with Gasteiger partial charge in [0.15, 0.2) is 9.84 Å². The highest BCUT2D eigenvalue weighted by Crippen LogP contribution is 2.28. The standard InChI is InChI=1S/C16H24F2N2O2S/c1-3-13-11-20(10-9-19(13)12-16(17)18)14-7-5-6-8-15(14)23(21,22)4-2/h5-8,13,16H,3-4,9-12H2,1-2H3/t13-/m1/s1. The van der Waals surface area contributed by atoms with E-state index >= 15 is 0 Å². The van der Waals surface area contributed by atoms with Crippen molar-refractivity contribution in [2.45, 2.75) is 37.6 Å². The first-order chi connectivity index (χ1) is 10.9. The molecule has 1 aromatic rings. The van der Waals surface area contributed by atoms with Crippen LogP contribution in [0.1, 0.15) is 20.3 Å². The highest BCUT2D eigenvalue weighted by molar-refractivity contribution is 7.91. The van der Waals surface area contributed by atoms with E-state index < -0.39 is 16.3 Å². The molecule has 1 fully saturated rings. The fraction of sp³-hybridized carbons (Fsp3) is 0.625. The Morgan fingerprint density at radius 2 is 1.91 bits per heavy atom. The summed E-state index contributed by atoms with van der Waals surface area (Å²) in [4.78, 5) is 4.15. The molecule has 0 amide bonds. The van der Waals surface area contributed by atoms with E-state index in [4.69, 9.17) is 0 Å². The summed E-state index contributed by atoms with van der Waals surface area (Å²) in [5.74, 6) is 0.0482. The summed E-state index contributed by atoms with van der Waals surface area (Å²) in [5.41, 5.74) is 0.685. The molecule has 7 heteroatoms. The van der Waals surface area contributed by atoms with Crippen LogP contribution in [0.4, 0.5) is 14.5 Å². The molecule has 0 aliphatic carbocycles. The molecule has 0 spiro atoms. The molecule has 0 N–H and O–H groups in total. The zero-order valence-corrected chi connectivity index (χ0v) is 14.4. The topological polar surface area (TPSA) is 40.6 Å². The van der Waals surface area contributed by atoms with E-state index in [1.165, 1.54) is 0 Å². The fourth-order valence-corrected chi connectivity index (χ4v) is 4.17. The molecule has 0 bridgehead atoms. The van der Waals surface area contributed by atoms with Crippen molar-refractivity contribution < 1.29 is 17.2 Å². The number of hydrogen-bond donors (Lipinski definition) is 0. The van der Waals surface area contributed by atoms with Crippen molar-refractivity contribution in [1.82, 2.24) is 4.90 Å². The van der Waals surface area contributed by atoms with Gasteiger partial charge in [0.25, 0.3) is 6.43 Å². The van der Waals surface area contributed by atoms with Gasteiger partial charge in [0.2, 0.25) is 0 Å². The quantitative estimate of drug-likeness (QED) is 0.794. The smallest absolute Gasteiger partial charge is 0.251 e. The number of sulfone groups is 1. The summed E-state index contributed by atoms with van der Waals surface area (Å²) in [6.07, 6.45) is -1.59. The van der Waals surface area contributed by atoms with Crippen molar-refractivity contribution in [3.8, 4) is 0 Å². The second-order valence-corrected chi connectivity index (χ2v) is 8.01. The molecule has 2 rings (SSSR count). The Labute approximate surface area is 137 Å². The molecular weight excluding hydrogens is 322 g/mol. The van der Waals surface area contributed by atoms with Crippen LogP contribution in [-0.4, -0.2) is 57.7 Å². The van der Waals surface area contributed by atoms with Gasteiger partial charge >= 0.3 is 0 Å². The van der Waals surface area contributed by atoms with Crippen molar-refractivity contribution in [1.29, 1.82) is 0 Å². The largest absolute Gasteiger partial charge is 0.368 e. The van der Waals surface area contributed by atoms with Crippen LogP contribution in [0.2, 0.25) is 0 Å². The molecule has 1 saturated heterocycles. The summed E-state index contributed by atoms with van der Waals surface area (Å²) in [6.45, 7) is 5.02. The maximum absolute atomic E-state index is 12.7. The van der Waals surface area contributed by atoms with Crippen LogP contribution in [0, 0.1) is 0 Å². The van der Waals surface area contributed by atoms with Crippen molar-refractivity contribution in [2.75, 3.05) is 36.8 Å². The Hall–Kier alpha value is -1.21. The molecule has 0 radical (unpaired) electrons. The summed E-state index contributed by atoms with van der Waals surface area (Å²) >= 11 is 0. The molecule has 0 aromatic heterocycles. The highest BCUT2D eigenvalue weighted by atomic mass is 32.2. The van der Waals surface area contributed by atoms with Crippen LogP contribution in [0.3, 0.4) is 0 Å². The second-order valence-electron chi connectivity index (χ2n) is 5.77. The van der Waals surface area contributed by atoms with E-state index in [1.807, 2.05) is 17.9 Å². The number of hydrogen-bond acceptors (Lipinski definition) is 4. The van der Waals surface area contributed by atoms with Crippen molar-refractivity contribution in [3.05, 3.63) is 24.3 Å². The van der Waals surface area contributed by atoms with E-state index in [2.05, 4.69) is 0 Å². The van der Waals surface area contributed by atoms with E-state index in [9.17, 15) is 17.2 Å². The maximum atomic E-state index is 12.7. The van der Waals surface area contributed by atoms with Gasteiger partial charge in [-0.3, -0.25) is 4.90 Å². The summed E-state index contributed by atoms with van der Waals surface area (Å²) in [6, 6.07) is 6.97. The third-order valence-corrected chi connectivity index (χ3v) is 6.14. The zero-order valence-electron chi connectivity index (χ0n) is 13.6. The van der Waals surface area contributed by atoms with Gasteiger partial charge in [-0.15, -0.1) is 0 Å². The third-order valence-electron chi connectivity index (χ3n) is 4.37. The number of benzene rings is 1. The van der Waals surface area contributed by atoms with Gasteiger partial charge < -0.3 is 4.90 Å². The van der Waals surface area contributed by atoms with Crippen molar-refractivity contribution >= 4 is 15.5 Å². The molecule has 23 heavy (non-hydrogen) atoms. The molecule has 1 atom stereocenters. The molecule has 1 aliphatic heterocycles. The van der Waals surface area contributed by atoms with Crippen LogP contribution >= 0.6 is 0 Å². The summed E-state index contributed by atoms with van der Waals surface area (Å²) < 4.78 is 49.9. The van der Waals surface area contributed by atoms with Crippen LogP contribution in [0.5, 0.6) is 0 Å². The fourth-order valence-electron chi connectivity index (χ4n) is 3.05. The summed E-state index contributed by atoms with van der Waals surface area (Å²) in [7, 11) is -3.31. The van der Waals surface area contributed by atoms with E-state index in [0.29, 0.717) is 30.2 Å². The molecule has 1 heterocycles. The lowest BCUT2D eigenvalue weighted by atomic mass is 10.1. The molecule has 0 unspecified atom stereocenters. The normalized spacial score (nSPS) is 20.2. The van der Waals surface area contributed by atoms with Gasteiger partial charge in [0.05, 0.1) is 22.9 Å². The minimum atomic E-state index is -3.31. The number of nitrogens with zero attached hydrogens (tertiary/aromatic N) is 2.